The minimum absolute atomic E-state index is 0. The van der Waals surface area contributed by atoms with Crippen LogP contribution in [0.2, 0.25) is 0 Å². The molecule has 2 unspecified atom stereocenters. The van der Waals surface area contributed by atoms with Crippen LogP contribution in [0.4, 0.5) is 0 Å². The second-order valence-electron chi connectivity index (χ2n) is 9.56. The van der Waals surface area contributed by atoms with Gasteiger partial charge in [0.15, 0.2) is 0 Å². The van der Waals surface area contributed by atoms with Crippen LogP contribution in [0.15, 0.2) is 0 Å². The van der Waals surface area contributed by atoms with Gasteiger partial charge in [-0.2, -0.15) is 0 Å². The van der Waals surface area contributed by atoms with Crippen LogP contribution in [0.25, 0.3) is 0 Å². The molecule has 0 bridgehead atoms. The third-order valence-electron chi connectivity index (χ3n) is 6.94. The van der Waals surface area contributed by atoms with Gasteiger partial charge in [-0.3, -0.25) is 0 Å². The molecule has 0 nitrogen and oxygen atoms in total. The first-order valence-corrected chi connectivity index (χ1v) is 20.3. The van der Waals surface area contributed by atoms with Crippen LogP contribution in [-0.2, 0) is 0 Å². The Bertz CT molecular complexity index is 285. The van der Waals surface area contributed by atoms with Gasteiger partial charge in [0.1, 0.15) is 0 Å². The van der Waals surface area contributed by atoms with Gasteiger partial charge in [0.05, 0.1) is 0 Å². The van der Waals surface area contributed by atoms with Crippen LogP contribution in [0.3, 0.4) is 0 Å². The monoisotopic (exact) mass is 544 g/mol. The number of rotatable bonds is 23. The summed E-state index contributed by atoms with van der Waals surface area (Å²) >= 11 is 0. The van der Waals surface area contributed by atoms with Crippen molar-refractivity contribution in [2.45, 2.75) is 143 Å². The molecule has 0 fully saturated rings. The second-order valence-corrected chi connectivity index (χ2v) is 23.1. The van der Waals surface area contributed by atoms with E-state index in [0.717, 1.165) is 0 Å². The van der Waals surface area contributed by atoms with E-state index in [1.807, 2.05) is 0 Å². The first-order valence-electron chi connectivity index (χ1n) is 13.7. The standard InChI is InChI=1S/C26H59P3.BrH/c1-5-9-12-15-18-21-24-29(28(27)8-4,25-22-19-16-13-10-6-2)26-23-20-17-14-11-7-3;/h29H,5-27H2,1-4H3;1H. The van der Waals surface area contributed by atoms with Crippen molar-refractivity contribution in [2.24, 2.45) is 0 Å². The molecule has 0 rings (SSSR count). The van der Waals surface area contributed by atoms with Gasteiger partial charge in [-0.25, -0.2) is 0 Å². The van der Waals surface area contributed by atoms with Gasteiger partial charge >= 0.3 is 191 Å². The van der Waals surface area contributed by atoms with Crippen LogP contribution in [0.5, 0.6) is 0 Å². The van der Waals surface area contributed by atoms with Gasteiger partial charge in [0, 0.05) is 0 Å². The molecule has 0 radical (unpaired) electrons. The molecule has 2 atom stereocenters. The molecular formula is C26H60BrP3. The first-order chi connectivity index (χ1) is 14.2. The Kier molecular flexibility index (Phi) is 28.7. The van der Waals surface area contributed by atoms with E-state index in [0.29, 0.717) is 0 Å². The van der Waals surface area contributed by atoms with E-state index < -0.39 is 6.95 Å². The Morgan fingerprint density at radius 1 is 0.467 bits per heavy atom. The van der Waals surface area contributed by atoms with Gasteiger partial charge in [-0.05, 0) is 0 Å². The molecule has 0 spiro atoms. The summed E-state index contributed by atoms with van der Waals surface area (Å²) in [6.45, 7) is 8.42. The summed E-state index contributed by atoms with van der Waals surface area (Å²) in [5.74, 6) is 0. The normalized spacial score (nSPS) is 13.2. The third kappa shape index (κ3) is 18.2. The number of hydrogen-bond acceptors (Lipinski definition) is 0. The van der Waals surface area contributed by atoms with Crippen molar-refractivity contribution in [1.82, 2.24) is 0 Å². The van der Waals surface area contributed by atoms with E-state index >= 15 is 0 Å². The molecular weight excluding hydrogens is 485 g/mol. The Hall–Kier alpha value is 1.77. The Morgan fingerprint density at radius 2 is 0.733 bits per heavy atom. The molecule has 4 heteroatoms. The fourth-order valence-corrected chi connectivity index (χ4v) is 19.4. The Labute approximate surface area is 207 Å². The zero-order valence-corrected chi connectivity index (χ0v) is 26.3. The Morgan fingerprint density at radius 3 is 1.00 bits per heavy atom. The SMILES string of the molecule is Br.CCCCCCCC[PH](CCCCCCCC)(CCCCCCCC)P(P)CC. The zero-order valence-electron chi connectivity index (χ0n) is 21.5. The van der Waals surface area contributed by atoms with Gasteiger partial charge in [0.2, 0.25) is 0 Å². The molecule has 0 aromatic heterocycles. The fourth-order valence-electron chi connectivity index (χ4n) is 4.84. The van der Waals surface area contributed by atoms with Crippen LogP contribution in [-0.4, -0.2) is 24.6 Å². The molecule has 186 valence electrons. The topological polar surface area (TPSA) is 0 Å². The molecule has 0 N–H and O–H groups in total. The van der Waals surface area contributed by atoms with Crippen molar-refractivity contribution < 1.29 is 0 Å². The van der Waals surface area contributed by atoms with Gasteiger partial charge < -0.3 is 0 Å². The minimum atomic E-state index is -1.08. The van der Waals surface area contributed by atoms with Crippen molar-refractivity contribution in [3.8, 4) is 0 Å². The molecule has 0 aliphatic rings. The molecule has 0 aromatic rings. The number of hydrogen-bond donors (Lipinski definition) is 0. The average molecular weight is 546 g/mol. The molecule has 0 heterocycles. The van der Waals surface area contributed by atoms with Crippen molar-refractivity contribution in [2.75, 3.05) is 24.6 Å². The van der Waals surface area contributed by atoms with E-state index in [9.17, 15) is 0 Å². The molecule has 0 saturated heterocycles. The summed E-state index contributed by atoms with van der Waals surface area (Å²) < 4.78 is 0. The molecule has 0 saturated carbocycles. The molecule has 0 aliphatic carbocycles. The van der Waals surface area contributed by atoms with E-state index in [1.165, 1.54) is 102 Å². The van der Waals surface area contributed by atoms with Crippen LogP contribution < -0.4 is 0 Å². The van der Waals surface area contributed by atoms with E-state index in [2.05, 4.69) is 36.6 Å². The van der Waals surface area contributed by atoms with E-state index in [1.54, 1.807) is 37.7 Å². The maximum atomic E-state index is 3.42. The summed E-state index contributed by atoms with van der Waals surface area (Å²) in [5, 5.41) is 0. The number of halogens is 1. The molecule has 0 aliphatic heterocycles. The molecule has 30 heavy (non-hydrogen) atoms. The van der Waals surface area contributed by atoms with Gasteiger partial charge in [-0.1, -0.05) is 0 Å². The predicted octanol–water partition coefficient (Wildman–Crippen LogP) is 11.6. The summed E-state index contributed by atoms with van der Waals surface area (Å²) in [6.07, 6.45) is 33.0. The van der Waals surface area contributed by atoms with Crippen LogP contribution >= 0.6 is 40.2 Å². The van der Waals surface area contributed by atoms with Gasteiger partial charge in [-0.15, -0.1) is 17.0 Å². The van der Waals surface area contributed by atoms with Gasteiger partial charge in [0.25, 0.3) is 0 Å². The molecule has 0 amide bonds. The van der Waals surface area contributed by atoms with E-state index in [4.69, 9.17) is 0 Å². The van der Waals surface area contributed by atoms with Crippen LogP contribution in [0.1, 0.15) is 143 Å². The summed E-state index contributed by atoms with van der Waals surface area (Å²) in [6, 6.07) is 0. The summed E-state index contributed by atoms with van der Waals surface area (Å²) in [5.41, 5.74) is 0. The molecule has 0 aromatic carbocycles. The number of unbranched alkanes of at least 4 members (excludes halogenated alkanes) is 15. The predicted molar refractivity (Wildman–Crippen MR) is 161 cm³/mol. The summed E-state index contributed by atoms with van der Waals surface area (Å²) in [4.78, 5) is 0. The third-order valence-corrected chi connectivity index (χ3v) is 25.3. The average Bonchev–Trinajstić information content (AvgIpc) is 2.74. The van der Waals surface area contributed by atoms with Crippen molar-refractivity contribution >= 4 is 40.2 Å². The van der Waals surface area contributed by atoms with Crippen molar-refractivity contribution in [3.05, 3.63) is 0 Å². The van der Waals surface area contributed by atoms with Crippen LogP contribution in [0, 0.1) is 0 Å². The fraction of sp³-hybridized carbons (Fsp3) is 1.00. The quantitative estimate of drug-likeness (QED) is 0.0885. The second kappa shape index (κ2) is 25.4. The van der Waals surface area contributed by atoms with Crippen molar-refractivity contribution in [1.29, 1.82) is 0 Å². The van der Waals surface area contributed by atoms with E-state index in [-0.39, 0.29) is 24.3 Å². The first kappa shape index (κ1) is 33.9. The maximum absolute atomic E-state index is 3.42. The Balaban J connectivity index is 0. The summed E-state index contributed by atoms with van der Waals surface area (Å²) in [7, 11) is 3.67. The van der Waals surface area contributed by atoms with Crippen molar-refractivity contribution in [3.63, 3.8) is 0 Å². The zero-order chi connectivity index (χ0) is 21.6.